The topological polar surface area (TPSA) is 76.5 Å². The molecule has 28 heavy (non-hydrogen) atoms. The molecule has 4 heterocycles. The Morgan fingerprint density at radius 1 is 1.29 bits per heavy atom. The zero-order valence-electron chi connectivity index (χ0n) is 15.1. The number of hydrogen-bond acceptors (Lipinski definition) is 5. The third-order valence-electron chi connectivity index (χ3n) is 5.63. The predicted molar refractivity (Wildman–Crippen MR) is 111 cm³/mol. The van der Waals surface area contributed by atoms with Crippen LogP contribution in [0, 0.1) is 11.3 Å². The van der Waals surface area contributed by atoms with Gasteiger partial charge in [0.15, 0.2) is 5.96 Å². The summed E-state index contributed by atoms with van der Waals surface area (Å²) in [6, 6.07) is 13.8. The van der Waals surface area contributed by atoms with Gasteiger partial charge >= 0.3 is 0 Å². The Labute approximate surface area is 169 Å². The van der Waals surface area contributed by atoms with Crippen LogP contribution in [0.2, 0.25) is 0 Å². The van der Waals surface area contributed by atoms with Crippen LogP contribution in [0.25, 0.3) is 10.1 Å². The van der Waals surface area contributed by atoms with Crippen LogP contribution >= 0.6 is 22.7 Å². The average molecular weight is 411 g/mol. The lowest BCUT2D eigenvalue weighted by atomic mass is 9.83. The van der Waals surface area contributed by atoms with Crippen molar-refractivity contribution < 1.29 is 9.59 Å². The van der Waals surface area contributed by atoms with Crippen molar-refractivity contribution >= 4 is 50.5 Å². The molecule has 2 aliphatic heterocycles. The van der Waals surface area contributed by atoms with Crippen molar-refractivity contribution in [3.63, 3.8) is 0 Å². The molecule has 0 bridgehead atoms. The van der Waals surface area contributed by atoms with E-state index >= 15 is 0 Å². The van der Waals surface area contributed by atoms with Crippen LogP contribution in [0.15, 0.2) is 47.8 Å². The molecule has 0 spiro atoms. The van der Waals surface area contributed by atoms with Crippen LogP contribution in [0.5, 0.6) is 0 Å². The van der Waals surface area contributed by atoms with E-state index in [4.69, 9.17) is 5.41 Å². The molecule has 142 valence electrons. The van der Waals surface area contributed by atoms with Gasteiger partial charge in [-0.15, -0.1) is 22.7 Å². The predicted octanol–water partition coefficient (Wildman–Crippen LogP) is 2.93. The SMILES string of the molecule is CN1C(=N)NC2(c3cccs3)CN(C(=O)c3cc4ccccc4s3)CC2C1=O. The number of amides is 2. The van der Waals surface area contributed by atoms with Crippen LogP contribution in [0.1, 0.15) is 14.5 Å². The summed E-state index contributed by atoms with van der Waals surface area (Å²) >= 11 is 3.03. The fraction of sp³-hybridized carbons (Fsp3) is 0.250. The zero-order chi connectivity index (χ0) is 19.5. The van der Waals surface area contributed by atoms with Gasteiger partial charge in [0.05, 0.1) is 10.8 Å². The molecule has 2 aromatic heterocycles. The number of fused-ring (bicyclic) bond motifs is 2. The molecule has 2 aliphatic rings. The van der Waals surface area contributed by atoms with Crippen molar-refractivity contribution in [3.05, 3.63) is 57.6 Å². The smallest absolute Gasteiger partial charge is 0.264 e. The summed E-state index contributed by atoms with van der Waals surface area (Å²) in [5, 5.41) is 14.5. The van der Waals surface area contributed by atoms with Gasteiger partial charge in [-0.25, -0.2) is 0 Å². The largest absolute Gasteiger partial charge is 0.343 e. The number of thiophene rings is 2. The molecule has 2 saturated heterocycles. The first kappa shape index (κ1) is 17.4. The van der Waals surface area contributed by atoms with Gasteiger partial charge in [0.25, 0.3) is 5.91 Å². The van der Waals surface area contributed by atoms with Gasteiger partial charge in [-0.05, 0) is 29.0 Å². The van der Waals surface area contributed by atoms with E-state index in [1.165, 1.54) is 16.2 Å². The molecular weight excluding hydrogens is 392 g/mol. The number of nitrogens with zero attached hydrogens (tertiary/aromatic N) is 2. The molecule has 0 aliphatic carbocycles. The molecule has 3 aromatic rings. The van der Waals surface area contributed by atoms with Crippen molar-refractivity contribution in [2.24, 2.45) is 5.92 Å². The lowest BCUT2D eigenvalue weighted by molar-refractivity contribution is -0.134. The van der Waals surface area contributed by atoms with E-state index < -0.39 is 11.5 Å². The van der Waals surface area contributed by atoms with Crippen LogP contribution in [-0.4, -0.2) is 47.7 Å². The molecule has 5 rings (SSSR count). The maximum atomic E-state index is 13.3. The lowest BCUT2D eigenvalue weighted by Crippen LogP contribution is -2.64. The van der Waals surface area contributed by atoms with E-state index in [0.717, 1.165) is 15.0 Å². The molecular formula is C20H18N4O2S2. The summed E-state index contributed by atoms with van der Waals surface area (Å²) in [5.74, 6) is -0.520. The molecule has 2 atom stereocenters. The van der Waals surface area contributed by atoms with Gasteiger partial charge in [-0.2, -0.15) is 0 Å². The third-order valence-corrected chi connectivity index (χ3v) is 7.78. The minimum atomic E-state index is -0.735. The first-order chi connectivity index (χ1) is 13.5. The molecule has 1 aromatic carbocycles. The Hall–Kier alpha value is -2.71. The highest BCUT2D eigenvalue weighted by Gasteiger charge is 2.57. The minimum absolute atomic E-state index is 0.0599. The molecule has 0 saturated carbocycles. The fourth-order valence-corrected chi connectivity index (χ4v) is 6.11. The molecule has 2 amide bonds. The number of hydrogen-bond donors (Lipinski definition) is 2. The second-order valence-electron chi connectivity index (χ2n) is 7.21. The average Bonchev–Trinajstić information content (AvgIpc) is 3.43. The highest BCUT2D eigenvalue weighted by molar-refractivity contribution is 7.20. The third kappa shape index (κ3) is 2.41. The highest BCUT2D eigenvalue weighted by atomic mass is 32.1. The monoisotopic (exact) mass is 410 g/mol. The molecule has 2 fully saturated rings. The quantitative estimate of drug-likeness (QED) is 0.682. The van der Waals surface area contributed by atoms with Crippen molar-refractivity contribution in [2.75, 3.05) is 20.1 Å². The molecule has 2 N–H and O–H groups in total. The summed E-state index contributed by atoms with van der Waals surface area (Å²) < 4.78 is 1.08. The van der Waals surface area contributed by atoms with Gasteiger partial charge < -0.3 is 10.2 Å². The minimum Gasteiger partial charge on any atom is -0.343 e. The van der Waals surface area contributed by atoms with Gasteiger partial charge in [0.2, 0.25) is 5.91 Å². The van der Waals surface area contributed by atoms with Gasteiger partial charge in [-0.1, -0.05) is 24.3 Å². The van der Waals surface area contributed by atoms with E-state index in [1.54, 1.807) is 23.3 Å². The van der Waals surface area contributed by atoms with E-state index in [9.17, 15) is 9.59 Å². The Balaban J connectivity index is 1.53. The summed E-state index contributed by atoms with van der Waals surface area (Å²) in [6.45, 7) is 0.710. The summed E-state index contributed by atoms with van der Waals surface area (Å²) in [6.07, 6.45) is 0. The van der Waals surface area contributed by atoms with Crippen LogP contribution in [0.3, 0.4) is 0 Å². The molecule has 6 nitrogen and oxygen atoms in total. The molecule has 0 radical (unpaired) electrons. The Morgan fingerprint density at radius 2 is 2.11 bits per heavy atom. The second-order valence-corrected chi connectivity index (χ2v) is 9.24. The number of guanidine groups is 1. The lowest BCUT2D eigenvalue weighted by Gasteiger charge is -2.42. The van der Waals surface area contributed by atoms with Crippen LogP contribution in [-0.2, 0) is 10.3 Å². The van der Waals surface area contributed by atoms with E-state index in [0.29, 0.717) is 18.0 Å². The van der Waals surface area contributed by atoms with Crippen molar-refractivity contribution in [2.45, 2.75) is 5.54 Å². The number of carbonyl (C=O) groups is 2. The van der Waals surface area contributed by atoms with Gasteiger partial charge in [-0.3, -0.25) is 19.9 Å². The maximum Gasteiger partial charge on any atom is 0.264 e. The van der Waals surface area contributed by atoms with Crippen molar-refractivity contribution in [1.82, 2.24) is 15.1 Å². The van der Waals surface area contributed by atoms with Crippen molar-refractivity contribution in [1.29, 1.82) is 5.41 Å². The fourth-order valence-electron chi connectivity index (χ4n) is 4.15. The Morgan fingerprint density at radius 3 is 2.86 bits per heavy atom. The molecule has 8 heteroatoms. The zero-order valence-corrected chi connectivity index (χ0v) is 16.8. The summed E-state index contributed by atoms with van der Waals surface area (Å²) in [5.41, 5.74) is -0.735. The van der Waals surface area contributed by atoms with Crippen LogP contribution in [0.4, 0.5) is 0 Å². The number of likely N-dealkylation sites (tertiary alicyclic amines) is 1. The standard InChI is InChI=1S/C20H18N4O2S2/c1-23-17(25)13-10-24(11-20(13,22-19(23)21)16-7-4-8-27-16)18(26)15-9-12-5-2-3-6-14(12)28-15/h2-9,13H,10-11H2,1H3,(H2,21,22). The second kappa shape index (κ2) is 6.15. The van der Waals surface area contributed by atoms with Gasteiger partial charge in [0.1, 0.15) is 5.54 Å². The van der Waals surface area contributed by atoms with E-state index in [-0.39, 0.29) is 17.8 Å². The Kier molecular flexibility index (Phi) is 3.82. The van der Waals surface area contributed by atoms with E-state index in [1.807, 2.05) is 47.8 Å². The molecule has 2 unspecified atom stereocenters. The number of benzene rings is 1. The number of carbonyl (C=O) groups excluding carboxylic acids is 2. The number of nitrogens with one attached hydrogen (secondary N) is 2. The normalized spacial score (nSPS) is 24.5. The highest BCUT2D eigenvalue weighted by Crippen LogP contribution is 2.43. The first-order valence-electron chi connectivity index (χ1n) is 8.96. The number of rotatable bonds is 2. The maximum absolute atomic E-state index is 13.3. The van der Waals surface area contributed by atoms with E-state index in [2.05, 4.69) is 5.32 Å². The van der Waals surface area contributed by atoms with Gasteiger partial charge in [0, 0.05) is 29.7 Å². The Bertz CT molecular complexity index is 1070. The summed E-state index contributed by atoms with van der Waals surface area (Å²) in [4.78, 5) is 31.0. The summed E-state index contributed by atoms with van der Waals surface area (Å²) in [7, 11) is 1.60. The van der Waals surface area contributed by atoms with Crippen molar-refractivity contribution in [3.8, 4) is 0 Å². The van der Waals surface area contributed by atoms with Crippen LogP contribution < -0.4 is 5.32 Å². The first-order valence-corrected chi connectivity index (χ1v) is 10.7.